The van der Waals surface area contributed by atoms with Crippen LogP contribution in [0.5, 0.6) is 5.75 Å². The van der Waals surface area contributed by atoms with Gasteiger partial charge in [0.25, 0.3) is 0 Å². The van der Waals surface area contributed by atoms with Crippen LogP contribution >= 0.6 is 0 Å². The predicted molar refractivity (Wildman–Crippen MR) is 78.6 cm³/mol. The molecular weight excluding hydrogens is 268 g/mol. The van der Waals surface area contributed by atoms with Crippen LogP contribution in [-0.4, -0.2) is 28.2 Å². The van der Waals surface area contributed by atoms with Crippen LogP contribution in [0.15, 0.2) is 30.5 Å². The molecule has 5 nitrogen and oxygen atoms in total. The molecule has 0 spiro atoms. The lowest BCUT2D eigenvalue weighted by atomic mass is 9.95. The molecular formula is C16H18N2O3. The SMILES string of the molecule is COc1ccccc1CC(C(=O)O)c1cnc(C)c(C)n1. The minimum Gasteiger partial charge on any atom is -0.496 e. The Balaban J connectivity index is 2.35. The van der Waals surface area contributed by atoms with Crippen molar-refractivity contribution >= 4 is 5.97 Å². The van der Waals surface area contributed by atoms with Crippen molar-refractivity contribution in [3.8, 4) is 5.75 Å². The summed E-state index contributed by atoms with van der Waals surface area (Å²) in [4.78, 5) is 20.2. The van der Waals surface area contributed by atoms with E-state index in [-0.39, 0.29) is 0 Å². The standard InChI is InChI=1S/C16H18N2O3/c1-10-11(2)18-14(9-17-10)13(16(19)20)8-12-6-4-5-7-15(12)21-3/h4-7,9,13H,8H2,1-3H3,(H,19,20). The van der Waals surface area contributed by atoms with Gasteiger partial charge < -0.3 is 9.84 Å². The number of aromatic nitrogens is 2. The molecule has 1 unspecified atom stereocenters. The van der Waals surface area contributed by atoms with Gasteiger partial charge in [-0.25, -0.2) is 0 Å². The molecule has 0 aliphatic heterocycles. The average molecular weight is 286 g/mol. The number of methoxy groups -OCH3 is 1. The second kappa shape index (κ2) is 6.35. The summed E-state index contributed by atoms with van der Waals surface area (Å²) in [5, 5.41) is 9.50. The maximum absolute atomic E-state index is 11.6. The smallest absolute Gasteiger partial charge is 0.312 e. The number of aryl methyl sites for hydroxylation is 2. The van der Waals surface area contributed by atoms with E-state index in [0.717, 1.165) is 17.0 Å². The Labute approximate surface area is 123 Å². The molecule has 1 aromatic carbocycles. The van der Waals surface area contributed by atoms with Crippen molar-refractivity contribution in [1.29, 1.82) is 0 Å². The number of aliphatic carboxylic acids is 1. The van der Waals surface area contributed by atoms with Gasteiger partial charge in [0.1, 0.15) is 11.7 Å². The first kappa shape index (κ1) is 15.0. The minimum atomic E-state index is -0.918. The van der Waals surface area contributed by atoms with Crippen molar-refractivity contribution in [3.63, 3.8) is 0 Å². The lowest BCUT2D eigenvalue weighted by Gasteiger charge is -2.15. The molecule has 1 atom stereocenters. The molecule has 2 rings (SSSR count). The molecule has 0 saturated heterocycles. The van der Waals surface area contributed by atoms with E-state index in [9.17, 15) is 9.90 Å². The van der Waals surface area contributed by atoms with Gasteiger partial charge in [-0.05, 0) is 31.9 Å². The highest BCUT2D eigenvalue weighted by Crippen LogP contribution is 2.26. The van der Waals surface area contributed by atoms with Crippen molar-refractivity contribution in [1.82, 2.24) is 9.97 Å². The Kier molecular flexibility index (Phi) is 4.52. The van der Waals surface area contributed by atoms with Crippen molar-refractivity contribution in [2.24, 2.45) is 0 Å². The molecule has 0 saturated carbocycles. The number of hydrogen-bond donors (Lipinski definition) is 1. The molecule has 21 heavy (non-hydrogen) atoms. The zero-order valence-electron chi connectivity index (χ0n) is 12.3. The van der Waals surface area contributed by atoms with Gasteiger partial charge in [0.05, 0.1) is 24.2 Å². The van der Waals surface area contributed by atoms with Crippen LogP contribution in [0.25, 0.3) is 0 Å². The summed E-state index contributed by atoms with van der Waals surface area (Å²) in [5.41, 5.74) is 2.86. The summed E-state index contributed by atoms with van der Waals surface area (Å²) < 4.78 is 5.28. The van der Waals surface area contributed by atoms with Crippen LogP contribution in [0.1, 0.15) is 28.6 Å². The van der Waals surface area contributed by atoms with E-state index in [1.165, 1.54) is 6.20 Å². The van der Waals surface area contributed by atoms with Crippen LogP contribution < -0.4 is 4.74 Å². The fraction of sp³-hybridized carbons (Fsp3) is 0.312. The van der Waals surface area contributed by atoms with Gasteiger partial charge in [0.15, 0.2) is 0 Å². The number of carboxylic acids is 1. The van der Waals surface area contributed by atoms with Gasteiger partial charge in [0.2, 0.25) is 0 Å². The molecule has 0 aliphatic carbocycles. The van der Waals surface area contributed by atoms with Gasteiger partial charge in [-0.2, -0.15) is 0 Å². The van der Waals surface area contributed by atoms with Crippen LogP contribution in [0.3, 0.4) is 0 Å². The second-order valence-corrected chi connectivity index (χ2v) is 4.87. The molecule has 110 valence electrons. The molecule has 1 N–H and O–H groups in total. The summed E-state index contributed by atoms with van der Waals surface area (Å²) in [6.07, 6.45) is 1.85. The maximum atomic E-state index is 11.6. The number of rotatable bonds is 5. The number of carbonyl (C=O) groups is 1. The number of ether oxygens (including phenoxy) is 1. The summed E-state index contributed by atoms with van der Waals surface area (Å²) >= 11 is 0. The third-order valence-corrected chi connectivity index (χ3v) is 3.48. The van der Waals surface area contributed by atoms with Gasteiger partial charge in [0, 0.05) is 6.20 Å². The average Bonchev–Trinajstić information content (AvgIpc) is 2.48. The molecule has 0 radical (unpaired) electrons. The number of benzene rings is 1. The number of nitrogens with zero attached hydrogens (tertiary/aromatic N) is 2. The van der Waals surface area contributed by atoms with Crippen LogP contribution in [0.2, 0.25) is 0 Å². The fourth-order valence-corrected chi connectivity index (χ4v) is 2.14. The summed E-state index contributed by atoms with van der Waals surface area (Å²) in [6.45, 7) is 3.68. The largest absolute Gasteiger partial charge is 0.496 e. The van der Waals surface area contributed by atoms with Gasteiger partial charge in [-0.15, -0.1) is 0 Å². The Hall–Kier alpha value is -2.43. The first-order valence-electron chi connectivity index (χ1n) is 6.67. The highest BCUT2D eigenvalue weighted by atomic mass is 16.5. The van der Waals surface area contributed by atoms with E-state index >= 15 is 0 Å². The molecule has 1 heterocycles. The molecule has 0 fully saturated rings. The molecule has 2 aromatic rings. The number of para-hydroxylation sites is 1. The molecule has 0 aliphatic rings. The van der Waals surface area contributed by atoms with Crippen LogP contribution in [0, 0.1) is 13.8 Å². The summed E-state index contributed by atoms with van der Waals surface area (Å²) in [7, 11) is 1.57. The van der Waals surface area contributed by atoms with E-state index < -0.39 is 11.9 Å². The highest BCUT2D eigenvalue weighted by molar-refractivity contribution is 5.76. The third kappa shape index (κ3) is 3.37. The first-order valence-corrected chi connectivity index (χ1v) is 6.67. The number of hydrogen-bond acceptors (Lipinski definition) is 4. The van der Waals surface area contributed by atoms with Crippen LogP contribution in [0.4, 0.5) is 0 Å². The van der Waals surface area contributed by atoms with Crippen molar-refractivity contribution in [3.05, 3.63) is 53.1 Å². The number of carboxylic acid groups (broad SMARTS) is 1. The van der Waals surface area contributed by atoms with E-state index in [1.807, 2.05) is 38.1 Å². The normalized spacial score (nSPS) is 12.0. The van der Waals surface area contributed by atoms with E-state index in [0.29, 0.717) is 17.9 Å². The topological polar surface area (TPSA) is 72.3 Å². The second-order valence-electron chi connectivity index (χ2n) is 4.87. The lowest BCUT2D eigenvalue weighted by Crippen LogP contribution is -2.17. The maximum Gasteiger partial charge on any atom is 0.312 e. The Bertz CT molecular complexity index is 656. The Morgan fingerprint density at radius 3 is 2.62 bits per heavy atom. The molecule has 1 aromatic heterocycles. The van der Waals surface area contributed by atoms with Gasteiger partial charge in [-0.1, -0.05) is 18.2 Å². The Morgan fingerprint density at radius 1 is 1.29 bits per heavy atom. The van der Waals surface area contributed by atoms with E-state index in [4.69, 9.17) is 4.74 Å². The zero-order valence-corrected chi connectivity index (χ0v) is 12.3. The first-order chi connectivity index (χ1) is 10.0. The van der Waals surface area contributed by atoms with Crippen molar-refractivity contribution < 1.29 is 14.6 Å². The minimum absolute atomic E-state index is 0.316. The van der Waals surface area contributed by atoms with Crippen molar-refractivity contribution in [2.45, 2.75) is 26.2 Å². The third-order valence-electron chi connectivity index (χ3n) is 3.48. The van der Waals surface area contributed by atoms with E-state index in [2.05, 4.69) is 9.97 Å². The molecule has 5 heteroatoms. The molecule has 0 bridgehead atoms. The quantitative estimate of drug-likeness (QED) is 0.914. The fourth-order valence-electron chi connectivity index (χ4n) is 2.14. The van der Waals surface area contributed by atoms with E-state index in [1.54, 1.807) is 7.11 Å². The highest BCUT2D eigenvalue weighted by Gasteiger charge is 2.24. The van der Waals surface area contributed by atoms with Crippen LogP contribution in [-0.2, 0) is 11.2 Å². The Morgan fingerprint density at radius 2 is 2.00 bits per heavy atom. The van der Waals surface area contributed by atoms with Crippen molar-refractivity contribution in [2.75, 3.05) is 7.11 Å². The zero-order chi connectivity index (χ0) is 15.4. The van der Waals surface area contributed by atoms with Gasteiger partial charge >= 0.3 is 5.97 Å². The monoisotopic (exact) mass is 286 g/mol. The summed E-state index contributed by atoms with van der Waals surface area (Å²) in [5.74, 6) is -0.980. The lowest BCUT2D eigenvalue weighted by molar-refractivity contribution is -0.138. The predicted octanol–water partition coefficient (Wildman–Crippen LogP) is 2.51. The summed E-state index contributed by atoms with van der Waals surface area (Å²) in [6, 6.07) is 7.40. The molecule has 0 amide bonds. The van der Waals surface area contributed by atoms with Gasteiger partial charge in [-0.3, -0.25) is 14.8 Å².